The van der Waals surface area contributed by atoms with Gasteiger partial charge in [-0.2, -0.15) is 0 Å². The minimum atomic E-state index is -0.414. The number of nitro groups is 1. The number of nitro benzene ring substituents is 1. The number of nitrogens with one attached hydrogen (secondary N) is 1. The maximum Gasteiger partial charge on any atom is 0.269 e. The molecule has 0 fully saturated rings. The monoisotopic (exact) mass is 319 g/mol. The number of hydrogen-bond donors (Lipinski definition) is 1. The average molecular weight is 319 g/mol. The van der Waals surface area contributed by atoms with Crippen LogP contribution >= 0.6 is 11.8 Å². The zero-order valence-corrected chi connectivity index (χ0v) is 13.2. The molecule has 1 N–H and O–H groups in total. The second-order valence-corrected chi connectivity index (χ2v) is 6.23. The van der Waals surface area contributed by atoms with Crippen LogP contribution in [0, 0.1) is 10.1 Å². The molecule has 0 radical (unpaired) electrons. The van der Waals surface area contributed by atoms with E-state index in [1.54, 1.807) is 12.1 Å². The molecule has 1 aromatic carbocycles. The fourth-order valence-electron chi connectivity index (χ4n) is 2.05. The van der Waals surface area contributed by atoms with Crippen molar-refractivity contribution in [1.82, 2.24) is 9.97 Å². The average Bonchev–Trinajstić information content (AvgIpc) is 2.47. The first-order valence-electron chi connectivity index (χ1n) is 7.01. The zero-order chi connectivity index (χ0) is 16.1. The second kappa shape index (κ2) is 7.22. The van der Waals surface area contributed by atoms with Crippen molar-refractivity contribution >= 4 is 17.4 Å². The van der Waals surface area contributed by atoms with Gasteiger partial charge in [0.1, 0.15) is 0 Å². The fraction of sp³-hybridized carbons (Fsp3) is 0.333. The number of thioether (sulfide) groups is 1. The summed E-state index contributed by atoms with van der Waals surface area (Å²) in [4.78, 5) is 29.2. The van der Waals surface area contributed by atoms with Gasteiger partial charge in [-0.05, 0) is 18.9 Å². The van der Waals surface area contributed by atoms with Crippen molar-refractivity contribution in [1.29, 1.82) is 0 Å². The SMILES string of the molecule is CCCc1cc(=O)[nH]c(SC(C)c2cccc([N+](=O)[O-])c2)n1. The minimum Gasteiger partial charge on any atom is -0.301 e. The summed E-state index contributed by atoms with van der Waals surface area (Å²) in [7, 11) is 0. The van der Waals surface area contributed by atoms with Crippen LogP contribution in [0.25, 0.3) is 0 Å². The largest absolute Gasteiger partial charge is 0.301 e. The topological polar surface area (TPSA) is 88.9 Å². The van der Waals surface area contributed by atoms with Gasteiger partial charge >= 0.3 is 0 Å². The Balaban J connectivity index is 2.21. The van der Waals surface area contributed by atoms with E-state index in [1.807, 2.05) is 19.9 Å². The van der Waals surface area contributed by atoms with Gasteiger partial charge in [0.15, 0.2) is 5.16 Å². The molecule has 1 aromatic heterocycles. The summed E-state index contributed by atoms with van der Waals surface area (Å²) in [5.74, 6) is 0. The molecule has 0 aliphatic rings. The van der Waals surface area contributed by atoms with Crippen LogP contribution in [-0.4, -0.2) is 14.9 Å². The third kappa shape index (κ3) is 4.17. The highest BCUT2D eigenvalue weighted by Crippen LogP contribution is 2.33. The van der Waals surface area contributed by atoms with Crippen molar-refractivity contribution in [2.75, 3.05) is 0 Å². The molecule has 0 amide bonds. The van der Waals surface area contributed by atoms with Crippen LogP contribution in [-0.2, 0) is 6.42 Å². The molecule has 2 rings (SSSR count). The highest BCUT2D eigenvalue weighted by Gasteiger charge is 2.13. The molecule has 6 nitrogen and oxygen atoms in total. The van der Waals surface area contributed by atoms with Crippen LogP contribution in [0.15, 0.2) is 40.3 Å². The maximum absolute atomic E-state index is 11.6. The first-order valence-corrected chi connectivity index (χ1v) is 7.88. The van der Waals surface area contributed by atoms with E-state index < -0.39 is 4.92 Å². The van der Waals surface area contributed by atoms with Gasteiger partial charge in [-0.3, -0.25) is 14.9 Å². The summed E-state index contributed by atoms with van der Waals surface area (Å²) in [5, 5.41) is 11.3. The third-order valence-corrected chi connectivity index (χ3v) is 4.16. The number of aromatic nitrogens is 2. The van der Waals surface area contributed by atoms with Gasteiger partial charge in [0.25, 0.3) is 11.2 Å². The van der Waals surface area contributed by atoms with Crippen LogP contribution in [0.3, 0.4) is 0 Å². The van der Waals surface area contributed by atoms with Crippen molar-refractivity contribution in [2.45, 2.75) is 37.1 Å². The molecule has 0 spiro atoms. The molecule has 0 aliphatic carbocycles. The number of H-pyrrole nitrogens is 1. The molecule has 0 aliphatic heterocycles. The summed E-state index contributed by atoms with van der Waals surface area (Å²) in [6.45, 7) is 3.96. The Kier molecular flexibility index (Phi) is 5.32. The van der Waals surface area contributed by atoms with E-state index in [0.29, 0.717) is 5.16 Å². The third-order valence-electron chi connectivity index (χ3n) is 3.12. The Morgan fingerprint density at radius 2 is 2.18 bits per heavy atom. The number of aromatic amines is 1. The number of nitrogens with zero attached hydrogens (tertiary/aromatic N) is 2. The molecule has 1 heterocycles. The van der Waals surface area contributed by atoms with Crippen molar-refractivity contribution in [3.63, 3.8) is 0 Å². The van der Waals surface area contributed by atoms with Gasteiger partial charge in [-0.1, -0.05) is 37.2 Å². The van der Waals surface area contributed by atoms with Crippen LogP contribution in [0.4, 0.5) is 5.69 Å². The Morgan fingerprint density at radius 1 is 1.41 bits per heavy atom. The summed E-state index contributed by atoms with van der Waals surface area (Å²) < 4.78 is 0. The molecule has 116 valence electrons. The Labute approximate surface area is 132 Å². The van der Waals surface area contributed by atoms with Gasteiger partial charge in [0.2, 0.25) is 0 Å². The van der Waals surface area contributed by atoms with Crippen LogP contribution in [0.1, 0.15) is 36.8 Å². The van der Waals surface area contributed by atoms with Crippen LogP contribution in [0.2, 0.25) is 0 Å². The zero-order valence-electron chi connectivity index (χ0n) is 12.4. The van der Waals surface area contributed by atoms with E-state index in [2.05, 4.69) is 9.97 Å². The predicted octanol–water partition coefficient (Wildman–Crippen LogP) is 3.48. The first kappa shape index (κ1) is 16.2. The van der Waals surface area contributed by atoms with E-state index in [0.717, 1.165) is 24.1 Å². The summed E-state index contributed by atoms with van der Waals surface area (Å²) in [6, 6.07) is 8.01. The second-order valence-electron chi connectivity index (χ2n) is 4.90. The smallest absolute Gasteiger partial charge is 0.269 e. The standard InChI is InChI=1S/C15H17N3O3S/c1-3-5-12-9-14(19)17-15(16-12)22-10(2)11-6-4-7-13(8-11)18(20)21/h4,6-10H,3,5H2,1-2H3,(H,16,17,19). The van der Waals surface area contributed by atoms with Crippen LogP contribution < -0.4 is 5.56 Å². The van der Waals surface area contributed by atoms with Gasteiger partial charge in [-0.15, -0.1) is 0 Å². The Hall–Kier alpha value is -2.15. The van der Waals surface area contributed by atoms with E-state index >= 15 is 0 Å². The number of benzene rings is 1. The van der Waals surface area contributed by atoms with Gasteiger partial charge in [0, 0.05) is 29.1 Å². The highest BCUT2D eigenvalue weighted by molar-refractivity contribution is 7.99. The quantitative estimate of drug-likeness (QED) is 0.381. The maximum atomic E-state index is 11.6. The lowest BCUT2D eigenvalue weighted by molar-refractivity contribution is -0.384. The minimum absolute atomic E-state index is 0.0556. The Morgan fingerprint density at radius 3 is 2.86 bits per heavy atom. The molecule has 1 unspecified atom stereocenters. The molecule has 2 aromatic rings. The molecule has 0 saturated carbocycles. The van der Waals surface area contributed by atoms with Crippen LogP contribution in [0.5, 0.6) is 0 Å². The first-order chi connectivity index (χ1) is 10.5. The van der Waals surface area contributed by atoms with Gasteiger partial charge in [-0.25, -0.2) is 4.98 Å². The van der Waals surface area contributed by atoms with E-state index in [4.69, 9.17) is 0 Å². The summed E-state index contributed by atoms with van der Waals surface area (Å²) >= 11 is 1.38. The van der Waals surface area contributed by atoms with Crippen molar-refractivity contribution < 1.29 is 4.92 Å². The van der Waals surface area contributed by atoms with Crippen molar-refractivity contribution in [3.05, 3.63) is 62.1 Å². The molecular formula is C15H17N3O3S. The van der Waals surface area contributed by atoms with Gasteiger partial charge in [0.05, 0.1) is 4.92 Å². The lowest BCUT2D eigenvalue weighted by atomic mass is 10.1. The van der Waals surface area contributed by atoms with E-state index in [1.165, 1.54) is 23.9 Å². The molecule has 22 heavy (non-hydrogen) atoms. The summed E-state index contributed by atoms with van der Waals surface area (Å²) in [6.07, 6.45) is 1.67. The number of non-ortho nitro benzene ring substituents is 1. The molecule has 1 atom stereocenters. The number of hydrogen-bond acceptors (Lipinski definition) is 5. The van der Waals surface area contributed by atoms with E-state index in [-0.39, 0.29) is 16.5 Å². The predicted molar refractivity (Wildman–Crippen MR) is 86.2 cm³/mol. The fourth-order valence-corrected chi connectivity index (χ4v) is 3.00. The lowest BCUT2D eigenvalue weighted by Gasteiger charge is -2.11. The van der Waals surface area contributed by atoms with Crippen molar-refractivity contribution in [2.24, 2.45) is 0 Å². The highest BCUT2D eigenvalue weighted by atomic mass is 32.2. The molecule has 7 heteroatoms. The Bertz CT molecular complexity index is 730. The molecular weight excluding hydrogens is 302 g/mol. The molecule has 0 bridgehead atoms. The number of rotatable bonds is 6. The van der Waals surface area contributed by atoms with Gasteiger partial charge < -0.3 is 4.98 Å². The summed E-state index contributed by atoms with van der Waals surface area (Å²) in [5.41, 5.74) is 1.47. The molecule has 0 saturated heterocycles. The number of aryl methyl sites for hydroxylation is 1. The van der Waals surface area contributed by atoms with Crippen molar-refractivity contribution in [3.8, 4) is 0 Å². The van der Waals surface area contributed by atoms with E-state index in [9.17, 15) is 14.9 Å². The lowest BCUT2D eigenvalue weighted by Crippen LogP contribution is -2.10. The normalized spacial score (nSPS) is 12.1.